The first-order valence-corrected chi connectivity index (χ1v) is 12.2. The van der Waals surface area contributed by atoms with Crippen LogP contribution in [0.4, 0.5) is 0 Å². The van der Waals surface area contributed by atoms with Crippen LogP contribution in [-0.4, -0.2) is 36.7 Å². The second kappa shape index (κ2) is 11.6. The molecule has 3 aromatic carbocycles. The number of aliphatic hydroxyl groups excluding tert-OH is 1. The van der Waals surface area contributed by atoms with E-state index in [4.69, 9.17) is 37.4 Å². The zero-order valence-corrected chi connectivity index (χ0v) is 21.0. The van der Waals surface area contributed by atoms with Gasteiger partial charge in [-0.3, -0.25) is 9.59 Å². The summed E-state index contributed by atoms with van der Waals surface area (Å²) in [6, 6.07) is 16.6. The van der Waals surface area contributed by atoms with Crippen LogP contribution in [0.1, 0.15) is 46.9 Å². The highest BCUT2D eigenvalue weighted by Crippen LogP contribution is 2.42. The molecule has 2 unspecified atom stereocenters. The summed E-state index contributed by atoms with van der Waals surface area (Å²) in [4.78, 5) is 24.8. The summed E-state index contributed by atoms with van der Waals surface area (Å²) < 4.78 is 16.8. The van der Waals surface area contributed by atoms with Crippen LogP contribution in [0.5, 0.6) is 17.2 Å². The Labute approximate surface area is 218 Å². The Morgan fingerprint density at radius 3 is 2.53 bits per heavy atom. The van der Waals surface area contributed by atoms with Gasteiger partial charge in [0.1, 0.15) is 17.2 Å². The molecule has 1 amide bonds. The summed E-state index contributed by atoms with van der Waals surface area (Å²) in [6.07, 6.45) is -0.339. The minimum absolute atomic E-state index is 0.0518. The molecular weight excluding hydrogens is 505 g/mol. The van der Waals surface area contributed by atoms with Crippen molar-refractivity contribution in [1.29, 1.82) is 0 Å². The smallest absolute Gasteiger partial charge is 0.313 e. The topological polar surface area (TPSA) is 94.1 Å². The Kier molecular flexibility index (Phi) is 8.36. The van der Waals surface area contributed by atoms with Crippen molar-refractivity contribution in [3.05, 3.63) is 87.4 Å². The van der Waals surface area contributed by atoms with E-state index >= 15 is 0 Å². The number of aliphatic hydroxyl groups is 1. The number of ether oxygens (including phenoxy) is 3. The third-order valence-electron chi connectivity index (χ3n) is 5.73. The molecular formula is C27H25Cl2NO6. The first-order valence-electron chi connectivity index (χ1n) is 11.5. The quantitative estimate of drug-likeness (QED) is 0.364. The van der Waals surface area contributed by atoms with Crippen molar-refractivity contribution in [2.45, 2.75) is 25.4 Å². The van der Waals surface area contributed by atoms with Crippen molar-refractivity contribution in [1.82, 2.24) is 5.32 Å². The van der Waals surface area contributed by atoms with Gasteiger partial charge in [0.15, 0.2) is 0 Å². The van der Waals surface area contributed by atoms with Crippen LogP contribution in [0.15, 0.2) is 60.7 Å². The second-order valence-electron chi connectivity index (χ2n) is 8.17. The molecule has 3 aromatic rings. The Morgan fingerprint density at radius 1 is 1.11 bits per heavy atom. The van der Waals surface area contributed by atoms with E-state index in [1.807, 2.05) is 0 Å². The number of fused-ring (bicyclic) bond motifs is 1. The molecule has 188 valence electrons. The van der Waals surface area contributed by atoms with E-state index in [0.29, 0.717) is 63.6 Å². The van der Waals surface area contributed by atoms with Crippen LogP contribution in [0.2, 0.25) is 10.0 Å². The van der Waals surface area contributed by atoms with E-state index in [1.165, 1.54) is 0 Å². The standard InChI is InChI=1S/C27H25Cl2NO6/c1-2-34-27(33)20-11-12-35-24-14-25(22(29)13-21(20)24)36-19-9-5-17(6-10-19)26(32)30-15-23(31)16-3-7-18(28)8-4-16/h3-10,13-14,20,23,31H,2,11-12,15H2,1H3,(H,30,32). The minimum Gasteiger partial charge on any atom is -0.493 e. The predicted octanol–water partition coefficient (Wildman–Crippen LogP) is 5.68. The summed E-state index contributed by atoms with van der Waals surface area (Å²) in [6.45, 7) is 2.50. The molecule has 9 heteroatoms. The molecule has 0 saturated heterocycles. The van der Waals surface area contributed by atoms with Gasteiger partial charge >= 0.3 is 5.97 Å². The van der Waals surface area contributed by atoms with Gasteiger partial charge in [-0.25, -0.2) is 0 Å². The lowest BCUT2D eigenvalue weighted by molar-refractivity contribution is -0.145. The van der Waals surface area contributed by atoms with Gasteiger partial charge in [-0.05, 0) is 61.4 Å². The molecule has 2 N–H and O–H groups in total. The molecule has 7 nitrogen and oxygen atoms in total. The SMILES string of the molecule is CCOC(=O)C1CCOc2cc(Oc3ccc(C(=O)NCC(O)c4ccc(Cl)cc4)cc3)c(Cl)cc21. The number of hydrogen-bond acceptors (Lipinski definition) is 6. The molecule has 0 aromatic heterocycles. The van der Waals surface area contributed by atoms with Crippen LogP contribution in [0.3, 0.4) is 0 Å². The van der Waals surface area contributed by atoms with Gasteiger partial charge < -0.3 is 24.6 Å². The molecule has 0 spiro atoms. The monoisotopic (exact) mass is 529 g/mol. The molecule has 1 aliphatic rings. The molecule has 0 fully saturated rings. The number of esters is 1. The predicted molar refractivity (Wildman–Crippen MR) is 136 cm³/mol. The second-order valence-corrected chi connectivity index (χ2v) is 9.01. The van der Waals surface area contributed by atoms with Crippen molar-refractivity contribution in [3.8, 4) is 17.2 Å². The summed E-state index contributed by atoms with van der Waals surface area (Å²) >= 11 is 12.3. The summed E-state index contributed by atoms with van der Waals surface area (Å²) in [5, 5.41) is 13.9. The number of amides is 1. The zero-order valence-electron chi connectivity index (χ0n) is 19.5. The molecule has 4 rings (SSSR count). The fourth-order valence-electron chi connectivity index (χ4n) is 3.85. The van der Waals surface area contributed by atoms with Crippen molar-refractivity contribution in [2.24, 2.45) is 0 Å². The van der Waals surface area contributed by atoms with Crippen molar-refractivity contribution >= 4 is 35.1 Å². The van der Waals surface area contributed by atoms with Gasteiger partial charge in [0.2, 0.25) is 0 Å². The highest BCUT2D eigenvalue weighted by atomic mass is 35.5. The van der Waals surface area contributed by atoms with E-state index < -0.39 is 12.0 Å². The average Bonchev–Trinajstić information content (AvgIpc) is 2.88. The van der Waals surface area contributed by atoms with Gasteiger partial charge in [0, 0.05) is 28.8 Å². The summed E-state index contributed by atoms with van der Waals surface area (Å²) in [5.41, 5.74) is 1.73. The maximum Gasteiger partial charge on any atom is 0.313 e. The lowest BCUT2D eigenvalue weighted by atomic mass is 9.93. The Balaban J connectivity index is 1.39. The lowest BCUT2D eigenvalue weighted by Gasteiger charge is -2.25. The molecule has 1 aliphatic heterocycles. The van der Waals surface area contributed by atoms with Crippen LogP contribution < -0.4 is 14.8 Å². The van der Waals surface area contributed by atoms with Crippen molar-refractivity contribution in [3.63, 3.8) is 0 Å². The number of carbonyl (C=O) groups is 2. The number of hydrogen-bond donors (Lipinski definition) is 2. The van der Waals surface area contributed by atoms with Gasteiger partial charge in [-0.15, -0.1) is 0 Å². The maximum absolute atomic E-state index is 12.5. The minimum atomic E-state index is -0.856. The molecule has 1 heterocycles. The first kappa shape index (κ1) is 25.8. The van der Waals surface area contributed by atoms with E-state index in [0.717, 1.165) is 0 Å². The van der Waals surface area contributed by atoms with E-state index in [2.05, 4.69) is 5.32 Å². The Hall–Kier alpha value is -3.26. The largest absolute Gasteiger partial charge is 0.493 e. The maximum atomic E-state index is 12.5. The zero-order chi connectivity index (χ0) is 25.7. The van der Waals surface area contributed by atoms with Crippen molar-refractivity contribution < 1.29 is 28.9 Å². The molecule has 36 heavy (non-hydrogen) atoms. The Morgan fingerprint density at radius 2 is 1.83 bits per heavy atom. The number of carbonyl (C=O) groups excluding carboxylic acids is 2. The average molecular weight is 530 g/mol. The summed E-state index contributed by atoms with van der Waals surface area (Å²) in [7, 11) is 0. The molecule has 0 bridgehead atoms. The van der Waals surface area contributed by atoms with Crippen molar-refractivity contribution in [2.75, 3.05) is 19.8 Å². The summed E-state index contributed by atoms with van der Waals surface area (Å²) in [5.74, 6) is 0.280. The molecule has 2 atom stereocenters. The number of nitrogens with one attached hydrogen (secondary N) is 1. The van der Waals surface area contributed by atoms with Gasteiger partial charge in [-0.2, -0.15) is 0 Å². The third-order valence-corrected chi connectivity index (χ3v) is 6.28. The normalized spacial score (nSPS) is 15.3. The molecule has 0 radical (unpaired) electrons. The van der Waals surface area contributed by atoms with Crippen LogP contribution >= 0.6 is 23.2 Å². The third kappa shape index (κ3) is 6.10. The van der Waals surface area contributed by atoms with Gasteiger partial charge in [0.25, 0.3) is 5.91 Å². The van der Waals surface area contributed by atoms with Crippen LogP contribution in [0, 0.1) is 0 Å². The molecule has 0 saturated carbocycles. The van der Waals surface area contributed by atoms with E-state index in [1.54, 1.807) is 67.6 Å². The fourth-order valence-corrected chi connectivity index (χ4v) is 4.19. The van der Waals surface area contributed by atoms with Crippen LogP contribution in [0.25, 0.3) is 0 Å². The fraction of sp³-hybridized carbons (Fsp3) is 0.259. The van der Waals surface area contributed by atoms with E-state index in [9.17, 15) is 14.7 Å². The lowest BCUT2D eigenvalue weighted by Crippen LogP contribution is -2.28. The van der Waals surface area contributed by atoms with Gasteiger partial charge in [-0.1, -0.05) is 35.3 Å². The molecule has 0 aliphatic carbocycles. The van der Waals surface area contributed by atoms with E-state index in [-0.39, 0.29) is 18.4 Å². The number of halogens is 2. The number of benzene rings is 3. The number of rotatable bonds is 8. The first-order chi connectivity index (χ1) is 17.4. The highest BCUT2D eigenvalue weighted by Gasteiger charge is 2.30. The highest BCUT2D eigenvalue weighted by molar-refractivity contribution is 6.32. The Bertz CT molecular complexity index is 1230. The van der Waals surface area contributed by atoms with Crippen LogP contribution in [-0.2, 0) is 9.53 Å². The van der Waals surface area contributed by atoms with Gasteiger partial charge in [0.05, 0.1) is 30.3 Å².